The van der Waals surface area contributed by atoms with Gasteiger partial charge in [-0.15, -0.1) is 11.6 Å². The Morgan fingerprint density at radius 1 is 1.33 bits per heavy atom. The van der Waals surface area contributed by atoms with Crippen LogP contribution in [0.25, 0.3) is 0 Å². The molecule has 0 bridgehead atoms. The van der Waals surface area contributed by atoms with Crippen molar-refractivity contribution < 1.29 is 9.90 Å². The number of carbonyl (C=O) groups excluding carboxylic acids is 1. The van der Waals surface area contributed by atoms with Crippen LogP contribution in [0.2, 0.25) is 0 Å². The second kappa shape index (κ2) is 4.24. The summed E-state index contributed by atoms with van der Waals surface area (Å²) in [6, 6.07) is 6.87. The summed E-state index contributed by atoms with van der Waals surface area (Å²) in [6.07, 6.45) is 0. The summed E-state index contributed by atoms with van der Waals surface area (Å²) in [5, 5.41) is 8.54. The Balaban J connectivity index is 2.84. The number of halogens is 1. The fourth-order valence-corrected chi connectivity index (χ4v) is 1.05. The van der Waals surface area contributed by atoms with Gasteiger partial charge in [-0.2, -0.15) is 0 Å². The molecule has 0 atom stereocenters. The summed E-state index contributed by atoms with van der Waals surface area (Å²) in [4.78, 5) is 10.9. The van der Waals surface area contributed by atoms with E-state index < -0.39 is 6.61 Å². The molecule has 0 unspecified atom stereocenters. The van der Waals surface area contributed by atoms with E-state index in [0.29, 0.717) is 11.4 Å². The third-order valence-corrected chi connectivity index (χ3v) is 1.88. The first-order valence-corrected chi connectivity index (χ1v) is 4.10. The van der Waals surface area contributed by atoms with Gasteiger partial charge in [0.2, 0.25) is 0 Å². The zero-order chi connectivity index (χ0) is 8.97. The largest absolute Gasteiger partial charge is 0.388 e. The number of rotatable bonds is 3. The average molecular weight is 185 g/mol. The molecule has 0 aliphatic heterocycles. The lowest BCUT2D eigenvalue weighted by Gasteiger charge is -1.98. The Kier molecular flexibility index (Phi) is 3.26. The maximum Gasteiger partial charge on any atom is 0.188 e. The molecule has 2 nitrogen and oxygen atoms in total. The van der Waals surface area contributed by atoms with E-state index in [-0.39, 0.29) is 5.78 Å². The Bertz CT molecular complexity index is 266. The molecule has 1 aromatic carbocycles. The van der Waals surface area contributed by atoms with Crippen molar-refractivity contribution in [3.63, 3.8) is 0 Å². The minimum Gasteiger partial charge on any atom is -0.388 e. The first-order valence-electron chi connectivity index (χ1n) is 3.57. The van der Waals surface area contributed by atoms with Crippen LogP contribution >= 0.6 is 11.6 Å². The topological polar surface area (TPSA) is 37.3 Å². The van der Waals surface area contributed by atoms with Gasteiger partial charge in [-0.05, 0) is 5.56 Å². The molecule has 12 heavy (non-hydrogen) atoms. The molecule has 0 amide bonds. The van der Waals surface area contributed by atoms with E-state index in [4.69, 9.17) is 16.7 Å². The number of aliphatic hydroxyl groups excluding tert-OH is 1. The number of ketones is 1. The first-order chi connectivity index (χ1) is 5.77. The molecular weight excluding hydrogens is 176 g/mol. The van der Waals surface area contributed by atoms with Gasteiger partial charge in [0, 0.05) is 11.4 Å². The summed E-state index contributed by atoms with van der Waals surface area (Å²) < 4.78 is 0. The molecule has 0 heterocycles. The van der Waals surface area contributed by atoms with Crippen molar-refractivity contribution in [3.05, 3.63) is 35.4 Å². The van der Waals surface area contributed by atoms with Crippen molar-refractivity contribution in [2.75, 3.05) is 6.61 Å². The Labute approximate surface area is 75.8 Å². The SMILES string of the molecule is O=C(CO)c1ccc(CCl)cc1. The van der Waals surface area contributed by atoms with Crippen LogP contribution < -0.4 is 0 Å². The number of benzene rings is 1. The molecule has 0 aliphatic carbocycles. The van der Waals surface area contributed by atoms with Crippen molar-refractivity contribution in [2.24, 2.45) is 0 Å². The van der Waals surface area contributed by atoms with E-state index in [1.165, 1.54) is 0 Å². The van der Waals surface area contributed by atoms with Crippen LogP contribution in [-0.4, -0.2) is 17.5 Å². The molecule has 0 fully saturated rings. The number of carbonyl (C=O) groups is 1. The lowest BCUT2D eigenvalue weighted by Crippen LogP contribution is -2.03. The van der Waals surface area contributed by atoms with Crippen LogP contribution in [0.1, 0.15) is 15.9 Å². The third kappa shape index (κ3) is 2.06. The monoisotopic (exact) mass is 184 g/mol. The van der Waals surface area contributed by atoms with Crippen LogP contribution in [0.3, 0.4) is 0 Å². The molecule has 64 valence electrons. The number of alkyl halides is 1. The fourth-order valence-electron chi connectivity index (χ4n) is 0.871. The van der Waals surface area contributed by atoms with Crippen molar-refractivity contribution in [2.45, 2.75) is 5.88 Å². The highest BCUT2D eigenvalue weighted by molar-refractivity contribution is 6.17. The first kappa shape index (κ1) is 9.23. The zero-order valence-electron chi connectivity index (χ0n) is 6.46. The maximum absolute atomic E-state index is 10.9. The summed E-state index contributed by atoms with van der Waals surface area (Å²) in [6.45, 7) is -0.444. The van der Waals surface area contributed by atoms with Crippen LogP contribution in [0, 0.1) is 0 Å². The van der Waals surface area contributed by atoms with E-state index in [0.717, 1.165) is 5.56 Å². The third-order valence-electron chi connectivity index (χ3n) is 1.57. The second-order valence-electron chi connectivity index (χ2n) is 2.41. The summed E-state index contributed by atoms with van der Waals surface area (Å²) >= 11 is 5.56. The summed E-state index contributed by atoms with van der Waals surface area (Å²) in [5.41, 5.74) is 1.48. The van der Waals surface area contributed by atoms with Crippen LogP contribution in [0.4, 0.5) is 0 Å². The van der Waals surface area contributed by atoms with E-state index in [1.807, 2.05) is 0 Å². The molecule has 0 aliphatic rings. The van der Waals surface area contributed by atoms with Gasteiger partial charge in [-0.1, -0.05) is 24.3 Å². The lowest BCUT2D eigenvalue weighted by atomic mass is 10.1. The van der Waals surface area contributed by atoms with Crippen molar-refractivity contribution in [1.29, 1.82) is 0 Å². The van der Waals surface area contributed by atoms with Crippen molar-refractivity contribution >= 4 is 17.4 Å². The zero-order valence-corrected chi connectivity index (χ0v) is 7.21. The van der Waals surface area contributed by atoms with E-state index >= 15 is 0 Å². The quantitative estimate of drug-likeness (QED) is 0.573. The minimum absolute atomic E-state index is 0.267. The highest BCUT2D eigenvalue weighted by Crippen LogP contribution is 2.06. The number of Topliss-reactive ketones (excluding diaryl/α,β-unsaturated/α-hetero) is 1. The minimum atomic E-state index is -0.444. The molecule has 0 spiro atoms. The maximum atomic E-state index is 10.9. The predicted octanol–water partition coefficient (Wildman–Crippen LogP) is 1.60. The standard InChI is InChI=1S/C9H9ClO2/c10-5-7-1-3-8(4-2-7)9(12)6-11/h1-4,11H,5-6H2. The van der Waals surface area contributed by atoms with E-state index in [1.54, 1.807) is 24.3 Å². The molecule has 1 N–H and O–H groups in total. The van der Waals surface area contributed by atoms with Gasteiger partial charge >= 0.3 is 0 Å². The van der Waals surface area contributed by atoms with Crippen LogP contribution in [-0.2, 0) is 5.88 Å². The normalized spacial score (nSPS) is 9.83. The van der Waals surface area contributed by atoms with Gasteiger partial charge in [0.25, 0.3) is 0 Å². The van der Waals surface area contributed by atoms with E-state index in [9.17, 15) is 4.79 Å². The lowest BCUT2D eigenvalue weighted by molar-refractivity contribution is 0.0904. The Morgan fingerprint density at radius 3 is 2.33 bits per heavy atom. The van der Waals surface area contributed by atoms with E-state index in [2.05, 4.69) is 0 Å². The number of hydrogen-bond donors (Lipinski definition) is 1. The molecule has 0 saturated carbocycles. The van der Waals surface area contributed by atoms with Crippen molar-refractivity contribution in [1.82, 2.24) is 0 Å². The van der Waals surface area contributed by atoms with Gasteiger partial charge in [0.15, 0.2) is 5.78 Å². The number of aliphatic hydroxyl groups is 1. The van der Waals surface area contributed by atoms with Gasteiger partial charge < -0.3 is 5.11 Å². The smallest absolute Gasteiger partial charge is 0.188 e. The highest BCUT2D eigenvalue weighted by Gasteiger charge is 2.02. The molecular formula is C9H9ClO2. The second-order valence-corrected chi connectivity index (χ2v) is 2.68. The van der Waals surface area contributed by atoms with Gasteiger partial charge in [0.05, 0.1) is 0 Å². The number of hydrogen-bond acceptors (Lipinski definition) is 2. The molecule has 3 heteroatoms. The molecule has 1 rings (SSSR count). The van der Waals surface area contributed by atoms with Crippen LogP contribution in [0.15, 0.2) is 24.3 Å². The Morgan fingerprint density at radius 2 is 1.92 bits per heavy atom. The predicted molar refractivity (Wildman–Crippen MR) is 47.4 cm³/mol. The molecule has 0 aromatic heterocycles. The molecule has 0 radical (unpaired) electrons. The van der Waals surface area contributed by atoms with Gasteiger partial charge in [-0.3, -0.25) is 4.79 Å². The molecule has 1 aromatic rings. The highest BCUT2D eigenvalue weighted by atomic mass is 35.5. The Hall–Kier alpha value is -0.860. The van der Waals surface area contributed by atoms with Gasteiger partial charge in [0.1, 0.15) is 6.61 Å². The molecule has 0 saturated heterocycles. The summed E-state index contributed by atoms with van der Waals surface area (Å²) in [7, 11) is 0. The van der Waals surface area contributed by atoms with Gasteiger partial charge in [-0.25, -0.2) is 0 Å². The fraction of sp³-hybridized carbons (Fsp3) is 0.222. The van der Waals surface area contributed by atoms with Crippen molar-refractivity contribution in [3.8, 4) is 0 Å². The summed E-state index contributed by atoms with van der Waals surface area (Å²) in [5.74, 6) is 0.171. The van der Waals surface area contributed by atoms with Crippen LogP contribution in [0.5, 0.6) is 0 Å². The average Bonchev–Trinajstić information content (AvgIpc) is 2.17.